The van der Waals surface area contributed by atoms with Crippen LogP contribution in [-0.2, 0) is 14.8 Å². The second-order valence-electron chi connectivity index (χ2n) is 5.84. The molecule has 0 bridgehead atoms. The highest BCUT2D eigenvalue weighted by molar-refractivity contribution is 9.10. The van der Waals surface area contributed by atoms with Gasteiger partial charge < -0.3 is 15.0 Å². The van der Waals surface area contributed by atoms with Crippen molar-refractivity contribution in [1.29, 1.82) is 0 Å². The van der Waals surface area contributed by atoms with E-state index in [1.807, 2.05) is 4.90 Å². The Morgan fingerprint density at radius 2 is 2.04 bits per heavy atom. The average Bonchev–Trinajstić information content (AvgIpc) is 2.61. The lowest BCUT2D eigenvalue weighted by Gasteiger charge is -2.29. The molecular weight excluding hydrogens is 458 g/mol. The van der Waals surface area contributed by atoms with Crippen molar-refractivity contribution < 1.29 is 17.9 Å². The summed E-state index contributed by atoms with van der Waals surface area (Å²) in [5.74, 6) is 0.457. The Labute approximate surface area is 170 Å². The highest BCUT2D eigenvalue weighted by Crippen LogP contribution is 2.31. The first-order valence-electron chi connectivity index (χ1n) is 7.98. The van der Waals surface area contributed by atoms with Crippen molar-refractivity contribution in [1.82, 2.24) is 5.32 Å². The number of benzene rings is 2. The van der Waals surface area contributed by atoms with Crippen LogP contribution in [-0.4, -0.2) is 41.1 Å². The molecule has 0 aliphatic carbocycles. The molecule has 3 rings (SSSR count). The number of piperazine rings is 1. The van der Waals surface area contributed by atoms with Gasteiger partial charge in [-0.05, 0) is 52.3 Å². The first-order valence-corrected chi connectivity index (χ1v) is 10.6. The maximum Gasteiger partial charge on any atom is 0.261 e. The Morgan fingerprint density at radius 1 is 1.26 bits per heavy atom. The number of amides is 1. The molecule has 1 saturated heterocycles. The minimum Gasteiger partial charge on any atom is -0.496 e. The van der Waals surface area contributed by atoms with Crippen LogP contribution in [0.2, 0.25) is 5.02 Å². The molecule has 0 atom stereocenters. The van der Waals surface area contributed by atoms with Crippen LogP contribution in [0.3, 0.4) is 0 Å². The summed E-state index contributed by atoms with van der Waals surface area (Å²) in [5.41, 5.74) is 1.01. The number of nitrogens with one attached hydrogen (secondary N) is 2. The van der Waals surface area contributed by atoms with Crippen LogP contribution < -0.4 is 19.7 Å². The van der Waals surface area contributed by atoms with E-state index in [4.69, 9.17) is 16.3 Å². The van der Waals surface area contributed by atoms with Gasteiger partial charge in [0.05, 0.1) is 39.4 Å². The van der Waals surface area contributed by atoms with Crippen molar-refractivity contribution in [2.24, 2.45) is 0 Å². The van der Waals surface area contributed by atoms with E-state index in [0.717, 1.165) is 0 Å². The molecule has 2 N–H and O–H groups in total. The van der Waals surface area contributed by atoms with E-state index in [1.165, 1.54) is 25.3 Å². The third kappa shape index (κ3) is 4.48. The highest BCUT2D eigenvalue weighted by atomic mass is 79.9. The number of sulfonamides is 1. The minimum atomic E-state index is -3.80. The van der Waals surface area contributed by atoms with E-state index in [9.17, 15) is 13.2 Å². The molecule has 0 saturated carbocycles. The molecular formula is C17H17BrClN3O4S. The van der Waals surface area contributed by atoms with Crippen molar-refractivity contribution >= 4 is 54.8 Å². The lowest BCUT2D eigenvalue weighted by molar-refractivity contribution is -0.120. The van der Waals surface area contributed by atoms with Gasteiger partial charge in [0, 0.05) is 13.1 Å². The van der Waals surface area contributed by atoms with Crippen molar-refractivity contribution in [3.8, 4) is 5.75 Å². The summed E-state index contributed by atoms with van der Waals surface area (Å²) < 4.78 is 33.4. The Kier molecular flexibility index (Phi) is 5.83. The fourth-order valence-electron chi connectivity index (χ4n) is 2.70. The zero-order chi connectivity index (χ0) is 19.6. The molecule has 0 spiro atoms. The zero-order valence-corrected chi connectivity index (χ0v) is 17.5. The number of nitrogens with zero attached hydrogens (tertiary/aromatic N) is 1. The van der Waals surface area contributed by atoms with Crippen molar-refractivity contribution in [2.75, 3.05) is 36.4 Å². The number of hydrogen-bond donors (Lipinski definition) is 2. The summed E-state index contributed by atoms with van der Waals surface area (Å²) in [4.78, 5) is 13.5. The largest absolute Gasteiger partial charge is 0.496 e. The smallest absolute Gasteiger partial charge is 0.261 e. The maximum absolute atomic E-state index is 12.6. The van der Waals surface area contributed by atoms with E-state index >= 15 is 0 Å². The quantitative estimate of drug-likeness (QED) is 0.696. The molecule has 1 aliphatic heterocycles. The molecule has 27 heavy (non-hydrogen) atoms. The Bertz CT molecular complexity index is 984. The number of rotatable bonds is 5. The van der Waals surface area contributed by atoms with Gasteiger partial charge in [-0.25, -0.2) is 8.42 Å². The van der Waals surface area contributed by atoms with Crippen LogP contribution in [0, 0.1) is 0 Å². The molecule has 1 aliphatic rings. The Hall–Kier alpha value is -1.97. The van der Waals surface area contributed by atoms with E-state index in [2.05, 4.69) is 26.0 Å². The third-order valence-corrected chi connectivity index (χ3v) is 6.31. The van der Waals surface area contributed by atoms with Gasteiger partial charge in [0.2, 0.25) is 5.91 Å². The second kappa shape index (κ2) is 7.95. The van der Waals surface area contributed by atoms with Gasteiger partial charge in [-0.2, -0.15) is 0 Å². The first kappa shape index (κ1) is 19.8. The normalized spacial score (nSPS) is 14.6. The highest BCUT2D eigenvalue weighted by Gasteiger charge is 2.20. The molecule has 1 amide bonds. The molecule has 7 nitrogen and oxygen atoms in total. The van der Waals surface area contributed by atoms with Crippen LogP contribution in [0.1, 0.15) is 0 Å². The van der Waals surface area contributed by atoms with E-state index < -0.39 is 10.0 Å². The van der Waals surface area contributed by atoms with Gasteiger partial charge in [-0.1, -0.05) is 11.6 Å². The van der Waals surface area contributed by atoms with Gasteiger partial charge in [0.1, 0.15) is 5.75 Å². The lowest BCUT2D eigenvalue weighted by atomic mass is 10.2. The molecule has 0 unspecified atom stereocenters. The van der Waals surface area contributed by atoms with Crippen molar-refractivity contribution in [3.63, 3.8) is 0 Å². The SMILES string of the molecule is COc1ccc(S(=O)(=O)Nc2ccc(N3CCNC(=O)C3)c(Cl)c2)cc1Br. The van der Waals surface area contributed by atoms with Crippen LogP contribution >= 0.6 is 27.5 Å². The Balaban J connectivity index is 1.82. The standard InChI is InChI=1S/C17H17BrClN3O4S/c1-26-16-5-3-12(9-13(16)18)27(24,25)21-11-2-4-15(14(19)8-11)22-7-6-20-17(23)10-22/h2-5,8-9,21H,6-7,10H2,1H3,(H,20,23). The predicted molar refractivity (Wildman–Crippen MR) is 108 cm³/mol. The summed E-state index contributed by atoms with van der Waals surface area (Å²) in [6.45, 7) is 1.39. The molecule has 144 valence electrons. The lowest BCUT2D eigenvalue weighted by Crippen LogP contribution is -2.47. The number of anilines is 2. The maximum atomic E-state index is 12.6. The number of carbonyl (C=O) groups is 1. The molecule has 1 heterocycles. The van der Waals surface area contributed by atoms with Crippen molar-refractivity contribution in [3.05, 3.63) is 45.9 Å². The van der Waals surface area contributed by atoms with Gasteiger partial charge >= 0.3 is 0 Å². The molecule has 0 aromatic heterocycles. The summed E-state index contributed by atoms with van der Waals surface area (Å²) in [6.07, 6.45) is 0. The topological polar surface area (TPSA) is 87.7 Å². The number of halogens is 2. The van der Waals surface area contributed by atoms with Crippen LogP contribution in [0.5, 0.6) is 5.75 Å². The summed E-state index contributed by atoms with van der Waals surface area (Å²) in [5, 5.41) is 3.11. The summed E-state index contributed by atoms with van der Waals surface area (Å²) >= 11 is 9.60. The number of methoxy groups -OCH3 is 1. The monoisotopic (exact) mass is 473 g/mol. The van der Waals surface area contributed by atoms with E-state index in [0.29, 0.717) is 39.7 Å². The molecule has 2 aromatic rings. The van der Waals surface area contributed by atoms with E-state index in [-0.39, 0.29) is 17.3 Å². The molecule has 1 fully saturated rings. The van der Waals surface area contributed by atoms with Gasteiger partial charge in [-0.3, -0.25) is 9.52 Å². The third-order valence-electron chi connectivity index (χ3n) is 4.01. The number of ether oxygens (including phenoxy) is 1. The average molecular weight is 475 g/mol. The summed E-state index contributed by atoms with van der Waals surface area (Å²) in [6, 6.07) is 9.32. The van der Waals surface area contributed by atoms with Gasteiger partial charge in [0.25, 0.3) is 10.0 Å². The molecule has 0 radical (unpaired) electrons. The van der Waals surface area contributed by atoms with Gasteiger partial charge in [0.15, 0.2) is 0 Å². The Morgan fingerprint density at radius 3 is 2.67 bits per heavy atom. The van der Waals surface area contributed by atoms with Gasteiger partial charge in [-0.15, -0.1) is 0 Å². The molecule has 2 aromatic carbocycles. The molecule has 10 heteroatoms. The minimum absolute atomic E-state index is 0.0767. The first-order chi connectivity index (χ1) is 12.8. The fraction of sp³-hybridized carbons (Fsp3) is 0.235. The fourth-order valence-corrected chi connectivity index (χ4v) is 4.77. The predicted octanol–water partition coefficient (Wildman–Crippen LogP) is 2.85. The summed E-state index contributed by atoms with van der Waals surface area (Å²) in [7, 11) is -2.29. The van der Waals surface area contributed by atoms with Crippen LogP contribution in [0.15, 0.2) is 45.8 Å². The van der Waals surface area contributed by atoms with Crippen molar-refractivity contribution in [2.45, 2.75) is 4.90 Å². The number of hydrogen-bond acceptors (Lipinski definition) is 5. The van der Waals surface area contributed by atoms with Crippen LogP contribution in [0.4, 0.5) is 11.4 Å². The van der Waals surface area contributed by atoms with Crippen LogP contribution in [0.25, 0.3) is 0 Å². The van der Waals surface area contributed by atoms with E-state index in [1.54, 1.807) is 18.2 Å². The second-order valence-corrected chi connectivity index (χ2v) is 8.78. The zero-order valence-electron chi connectivity index (χ0n) is 14.3. The number of carbonyl (C=O) groups excluding carboxylic acids is 1.